The first-order chi connectivity index (χ1) is 7.68. The van der Waals surface area contributed by atoms with E-state index < -0.39 is 12.9 Å². The van der Waals surface area contributed by atoms with Gasteiger partial charge in [0.05, 0.1) is 26.7 Å². The molecule has 2 radical (unpaired) electrons. The SMILES string of the molecule is [B]C1CC(COP(=C)(C)C)C2OC(C)(C)OC12. The second-order valence-electron chi connectivity index (χ2n) is 6.09. The van der Waals surface area contributed by atoms with E-state index in [1.54, 1.807) is 0 Å². The van der Waals surface area contributed by atoms with Crippen LogP contribution in [-0.2, 0) is 14.0 Å². The van der Waals surface area contributed by atoms with Crippen molar-refractivity contribution in [2.45, 2.75) is 44.1 Å². The molecule has 0 spiro atoms. The van der Waals surface area contributed by atoms with Crippen LogP contribution >= 0.6 is 7.11 Å². The molecule has 3 nitrogen and oxygen atoms in total. The van der Waals surface area contributed by atoms with E-state index in [4.69, 9.17) is 21.8 Å². The average Bonchev–Trinajstić information content (AvgIpc) is 2.58. The van der Waals surface area contributed by atoms with Gasteiger partial charge in [0.1, 0.15) is 0 Å². The zero-order valence-electron chi connectivity index (χ0n) is 11.2. The maximum Gasteiger partial charge on any atom is 0.163 e. The fourth-order valence-electron chi connectivity index (χ4n) is 2.59. The predicted molar refractivity (Wildman–Crippen MR) is 73.3 cm³/mol. The normalized spacial score (nSPS) is 40.5. The summed E-state index contributed by atoms with van der Waals surface area (Å²) in [5, 5.41) is 0. The van der Waals surface area contributed by atoms with Crippen molar-refractivity contribution in [1.82, 2.24) is 0 Å². The van der Waals surface area contributed by atoms with Crippen LogP contribution in [0.2, 0.25) is 5.82 Å². The van der Waals surface area contributed by atoms with Gasteiger partial charge in [0.25, 0.3) is 0 Å². The Bertz CT molecular complexity index is 339. The first-order valence-corrected chi connectivity index (χ1v) is 8.91. The van der Waals surface area contributed by atoms with Gasteiger partial charge in [-0.25, -0.2) is 0 Å². The summed E-state index contributed by atoms with van der Waals surface area (Å²) in [6.45, 7) is 8.69. The molecule has 17 heavy (non-hydrogen) atoms. The van der Waals surface area contributed by atoms with Crippen molar-refractivity contribution >= 4 is 21.3 Å². The van der Waals surface area contributed by atoms with E-state index in [0.29, 0.717) is 12.5 Å². The summed E-state index contributed by atoms with van der Waals surface area (Å²) in [7, 11) is 4.66. The van der Waals surface area contributed by atoms with Crippen LogP contribution in [0, 0.1) is 5.92 Å². The van der Waals surface area contributed by atoms with Crippen molar-refractivity contribution in [2.75, 3.05) is 19.9 Å². The fourth-order valence-corrected chi connectivity index (χ4v) is 3.19. The topological polar surface area (TPSA) is 27.7 Å². The second kappa shape index (κ2) is 4.41. The smallest absolute Gasteiger partial charge is 0.163 e. The quantitative estimate of drug-likeness (QED) is 0.571. The Kier molecular flexibility index (Phi) is 3.55. The highest BCUT2D eigenvalue weighted by atomic mass is 31.2. The van der Waals surface area contributed by atoms with Crippen LogP contribution in [0.5, 0.6) is 0 Å². The Hall–Kier alpha value is 0.245. The van der Waals surface area contributed by atoms with Crippen LogP contribution in [0.15, 0.2) is 0 Å². The van der Waals surface area contributed by atoms with Crippen molar-refractivity contribution in [1.29, 1.82) is 0 Å². The third-order valence-corrected chi connectivity index (χ3v) is 4.11. The number of rotatable bonds is 3. The Morgan fingerprint density at radius 3 is 2.53 bits per heavy atom. The zero-order chi connectivity index (χ0) is 12.8. The van der Waals surface area contributed by atoms with Crippen LogP contribution in [0.25, 0.3) is 0 Å². The van der Waals surface area contributed by atoms with Gasteiger partial charge in [0, 0.05) is 5.92 Å². The molecule has 4 unspecified atom stereocenters. The number of ether oxygens (including phenoxy) is 2. The van der Waals surface area contributed by atoms with Gasteiger partial charge < -0.3 is 14.0 Å². The summed E-state index contributed by atoms with van der Waals surface area (Å²) in [6, 6.07) is 0. The number of hydrogen-bond acceptors (Lipinski definition) is 3. The minimum atomic E-state index is -1.44. The average molecular weight is 256 g/mol. The van der Waals surface area contributed by atoms with Crippen molar-refractivity contribution in [2.24, 2.45) is 5.92 Å². The van der Waals surface area contributed by atoms with Crippen LogP contribution in [-0.4, -0.2) is 52.1 Å². The van der Waals surface area contributed by atoms with Gasteiger partial charge in [-0.3, -0.25) is 0 Å². The minimum Gasteiger partial charge on any atom is -0.362 e. The van der Waals surface area contributed by atoms with E-state index in [-0.39, 0.29) is 18.0 Å². The summed E-state index contributed by atoms with van der Waals surface area (Å²) in [6.07, 6.45) is 5.05. The minimum absolute atomic E-state index is 0.0184. The molecule has 5 heteroatoms. The van der Waals surface area contributed by atoms with E-state index in [9.17, 15) is 0 Å². The third-order valence-electron chi connectivity index (χ3n) is 3.26. The van der Waals surface area contributed by atoms with Gasteiger partial charge >= 0.3 is 0 Å². The van der Waals surface area contributed by atoms with Crippen molar-refractivity contribution in [3.8, 4) is 0 Å². The molecule has 2 rings (SSSR count). The Morgan fingerprint density at radius 2 is 1.94 bits per heavy atom. The van der Waals surface area contributed by atoms with Crippen molar-refractivity contribution in [3.05, 3.63) is 0 Å². The molecule has 0 bridgehead atoms. The molecule has 96 valence electrons. The molecule has 1 aliphatic heterocycles. The molecule has 0 aromatic heterocycles. The number of hydrogen-bond donors (Lipinski definition) is 0. The van der Waals surface area contributed by atoms with E-state index in [1.807, 2.05) is 13.8 Å². The van der Waals surface area contributed by atoms with Gasteiger partial charge in [-0.2, -0.15) is 0 Å². The van der Waals surface area contributed by atoms with Crippen LogP contribution in [0.3, 0.4) is 0 Å². The highest BCUT2D eigenvalue weighted by Crippen LogP contribution is 2.48. The maximum absolute atomic E-state index is 6.10. The molecule has 0 amide bonds. The molecule has 1 saturated heterocycles. The van der Waals surface area contributed by atoms with Gasteiger partial charge in [0.15, 0.2) is 5.79 Å². The maximum atomic E-state index is 6.10. The standard InChI is InChI=1S/C12H22BO3P/c1-12(2)15-10-8(7-14-17(3,4)5)6-9(13)11(10)16-12/h8-11H,3,6-7H2,1-2,4-5H3. The molecule has 0 N–H and O–H groups in total. The lowest BCUT2D eigenvalue weighted by atomic mass is 9.84. The summed E-state index contributed by atoms with van der Waals surface area (Å²) in [5.74, 6) is -0.125. The number of fused-ring (bicyclic) bond motifs is 1. The molecule has 0 aromatic rings. The van der Waals surface area contributed by atoms with Gasteiger partial charge in [-0.1, -0.05) is 6.30 Å². The Labute approximate surface area is 106 Å². The molecule has 1 aliphatic carbocycles. The first-order valence-electron chi connectivity index (χ1n) is 6.12. The molecule has 0 aromatic carbocycles. The molecule has 1 heterocycles. The predicted octanol–water partition coefficient (Wildman–Crippen LogP) is 2.12. The van der Waals surface area contributed by atoms with E-state index in [1.165, 1.54) is 0 Å². The molecule has 2 aliphatic rings. The molecule has 4 atom stereocenters. The summed E-state index contributed by atoms with van der Waals surface area (Å²) < 4.78 is 17.6. The van der Waals surface area contributed by atoms with E-state index >= 15 is 0 Å². The van der Waals surface area contributed by atoms with Crippen molar-refractivity contribution in [3.63, 3.8) is 0 Å². The van der Waals surface area contributed by atoms with E-state index in [2.05, 4.69) is 19.6 Å². The second-order valence-corrected chi connectivity index (χ2v) is 9.50. The molecule has 2 fully saturated rings. The Morgan fingerprint density at radius 1 is 1.35 bits per heavy atom. The van der Waals surface area contributed by atoms with Gasteiger partial charge in [-0.15, -0.1) is 0 Å². The molecular formula is C12H22BO3P. The largest absolute Gasteiger partial charge is 0.362 e. The summed E-state index contributed by atoms with van der Waals surface area (Å²) in [4.78, 5) is 0. The first kappa shape index (κ1) is 13.7. The summed E-state index contributed by atoms with van der Waals surface area (Å²) in [5.41, 5.74) is 0. The molecule has 1 saturated carbocycles. The fraction of sp³-hybridized carbons (Fsp3) is 0.917. The lowest BCUT2D eigenvalue weighted by Gasteiger charge is -2.24. The third kappa shape index (κ3) is 3.17. The summed E-state index contributed by atoms with van der Waals surface area (Å²) >= 11 is 0. The highest BCUT2D eigenvalue weighted by Gasteiger charge is 2.52. The lowest BCUT2D eigenvalue weighted by molar-refractivity contribution is -0.157. The van der Waals surface area contributed by atoms with Crippen LogP contribution in [0.1, 0.15) is 20.3 Å². The van der Waals surface area contributed by atoms with Gasteiger partial charge in [-0.05, 0) is 46.5 Å². The van der Waals surface area contributed by atoms with Crippen molar-refractivity contribution < 1.29 is 14.0 Å². The molecular weight excluding hydrogens is 234 g/mol. The van der Waals surface area contributed by atoms with Crippen LogP contribution in [0.4, 0.5) is 0 Å². The lowest BCUT2D eigenvalue weighted by Crippen LogP contribution is -2.27. The van der Waals surface area contributed by atoms with Crippen LogP contribution < -0.4 is 0 Å². The monoisotopic (exact) mass is 256 g/mol. The van der Waals surface area contributed by atoms with E-state index in [0.717, 1.165) is 6.42 Å². The Balaban J connectivity index is 1.99. The zero-order valence-corrected chi connectivity index (χ0v) is 12.1. The highest BCUT2D eigenvalue weighted by molar-refractivity contribution is 7.67. The van der Waals surface area contributed by atoms with Gasteiger partial charge in [0.2, 0.25) is 0 Å².